The summed E-state index contributed by atoms with van der Waals surface area (Å²) in [4.78, 5) is 2.50. The zero-order valence-electron chi connectivity index (χ0n) is 11.6. The lowest BCUT2D eigenvalue weighted by molar-refractivity contribution is 0.0374. The molecule has 0 aromatic heterocycles. The van der Waals surface area contributed by atoms with Crippen molar-refractivity contribution in [2.24, 2.45) is 0 Å². The number of nitrogens with one attached hydrogen (secondary N) is 1. The molecule has 1 aromatic rings. The highest BCUT2D eigenvalue weighted by Crippen LogP contribution is 2.33. The van der Waals surface area contributed by atoms with Crippen molar-refractivity contribution in [2.75, 3.05) is 45.9 Å². The smallest absolute Gasteiger partial charge is 0.0594 e. The molecule has 1 aromatic carbocycles. The molecule has 3 rings (SSSR count). The quantitative estimate of drug-likeness (QED) is 0.787. The summed E-state index contributed by atoms with van der Waals surface area (Å²) in [6.07, 6.45) is 2.50. The molecule has 0 saturated carbocycles. The van der Waals surface area contributed by atoms with E-state index in [1.165, 1.54) is 19.4 Å². The predicted molar refractivity (Wildman–Crippen MR) is 77.6 cm³/mol. The van der Waals surface area contributed by atoms with Gasteiger partial charge in [-0.25, -0.2) is 0 Å². The van der Waals surface area contributed by atoms with Crippen LogP contribution in [0.2, 0.25) is 0 Å². The number of hydrogen-bond donors (Lipinski definition) is 1. The molecule has 1 saturated heterocycles. The van der Waals surface area contributed by atoms with Gasteiger partial charge in [-0.1, -0.05) is 24.3 Å². The maximum atomic E-state index is 5.36. The van der Waals surface area contributed by atoms with Gasteiger partial charge in [-0.3, -0.25) is 4.90 Å². The first kappa shape index (κ1) is 13.1. The van der Waals surface area contributed by atoms with Gasteiger partial charge < -0.3 is 10.1 Å². The zero-order valence-corrected chi connectivity index (χ0v) is 11.6. The molecule has 1 aliphatic heterocycles. The minimum absolute atomic E-state index is 0.750. The van der Waals surface area contributed by atoms with Crippen molar-refractivity contribution in [1.82, 2.24) is 10.2 Å². The van der Waals surface area contributed by atoms with Crippen molar-refractivity contribution < 1.29 is 4.74 Å². The Morgan fingerprint density at radius 3 is 2.89 bits per heavy atom. The molecule has 1 aliphatic carbocycles. The van der Waals surface area contributed by atoms with Crippen LogP contribution in [0.4, 0.5) is 0 Å². The van der Waals surface area contributed by atoms with Crippen LogP contribution in [0.3, 0.4) is 0 Å². The third-order valence-electron chi connectivity index (χ3n) is 4.28. The number of nitrogens with zero attached hydrogens (tertiary/aromatic N) is 1. The Hall–Kier alpha value is -0.900. The van der Waals surface area contributed by atoms with Gasteiger partial charge in [0.2, 0.25) is 0 Å². The summed E-state index contributed by atoms with van der Waals surface area (Å²) in [5.74, 6) is 0.750. The Morgan fingerprint density at radius 2 is 2.05 bits per heavy atom. The molecule has 0 amide bonds. The van der Waals surface area contributed by atoms with Crippen LogP contribution in [-0.2, 0) is 11.2 Å². The normalized spacial score (nSPS) is 22.8. The molecular weight excluding hydrogens is 236 g/mol. The Labute approximate surface area is 115 Å². The van der Waals surface area contributed by atoms with E-state index in [4.69, 9.17) is 4.74 Å². The number of fused-ring (bicyclic) bond motifs is 1. The minimum Gasteiger partial charge on any atom is -0.379 e. The number of morpholine rings is 1. The van der Waals surface area contributed by atoms with Crippen molar-refractivity contribution in [3.05, 3.63) is 35.4 Å². The lowest BCUT2D eigenvalue weighted by atomic mass is 9.77. The predicted octanol–water partition coefficient (Wildman–Crippen LogP) is 1.64. The van der Waals surface area contributed by atoms with Gasteiger partial charge in [0.25, 0.3) is 0 Å². The molecule has 19 heavy (non-hydrogen) atoms. The van der Waals surface area contributed by atoms with E-state index in [0.29, 0.717) is 0 Å². The van der Waals surface area contributed by atoms with E-state index in [9.17, 15) is 0 Å². The molecule has 104 valence electrons. The van der Waals surface area contributed by atoms with Crippen LogP contribution in [-0.4, -0.2) is 50.8 Å². The maximum absolute atomic E-state index is 5.36. The SMILES string of the molecule is c1ccc2c(c1)CC2CNCCCN1CCOCC1. The molecule has 0 spiro atoms. The summed E-state index contributed by atoms with van der Waals surface area (Å²) < 4.78 is 5.36. The number of rotatable bonds is 6. The molecular formula is C16H24N2O. The summed E-state index contributed by atoms with van der Waals surface area (Å²) in [7, 11) is 0. The topological polar surface area (TPSA) is 24.5 Å². The van der Waals surface area contributed by atoms with Crippen LogP contribution in [0.5, 0.6) is 0 Å². The van der Waals surface area contributed by atoms with Crippen LogP contribution in [0.25, 0.3) is 0 Å². The molecule has 3 nitrogen and oxygen atoms in total. The molecule has 2 aliphatic rings. The van der Waals surface area contributed by atoms with E-state index in [2.05, 4.69) is 34.5 Å². The highest BCUT2D eigenvalue weighted by molar-refractivity contribution is 5.40. The second-order valence-electron chi connectivity index (χ2n) is 5.61. The van der Waals surface area contributed by atoms with Gasteiger partial charge in [-0.05, 0) is 37.1 Å². The van der Waals surface area contributed by atoms with Crippen molar-refractivity contribution >= 4 is 0 Å². The van der Waals surface area contributed by atoms with Gasteiger partial charge in [-0.2, -0.15) is 0 Å². The van der Waals surface area contributed by atoms with E-state index >= 15 is 0 Å². The Bertz CT molecular complexity index is 401. The molecule has 1 heterocycles. The third-order valence-corrected chi connectivity index (χ3v) is 4.28. The van der Waals surface area contributed by atoms with Crippen molar-refractivity contribution in [1.29, 1.82) is 0 Å². The first-order valence-electron chi connectivity index (χ1n) is 7.52. The van der Waals surface area contributed by atoms with Crippen LogP contribution < -0.4 is 5.32 Å². The fraction of sp³-hybridized carbons (Fsp3) is 0.625. The van der Waals surface area contributed by atoms with E-state index in [0.717, 1.165) is 45.3 Å². The van der Waals surface area contributed by atoms with Gasteiger partial charge >= 0.3 is 0 Å². The number of benzene rings is 1. The standard InChI is InChI=1S/C16H24N2O/c1-2-5-16-14(4-1)12-15(16)13-17-6-3-7-18-8-10-19-11-9-18/h1-2,4-5,15,17H,3,6-13H2. The Balaban J connectivity index is 1.28. The molecule has 3 heteroatoms. The van der Waals surface area contributed by atoms with E-state index in [1.54, 1.807) is 11.1 Å². The van der Waals surface area contributed by atoms with Gasteiger partial charge in [0.1, 0.15) is 0 Å². The Morgan fingerprint density at radius 1 is 1.21 bits per heavy atom. The Kier molecular flexibility index (Phi) is 4.49. The third kappa shape index (κ3) is 3.35. The molecule has 1 atom stereocenters. The number of ether oxygens (including phenoxy) is 1. The molecule has 1 unspecified atom stereocenters. The van der Waals surface area contributed by atoms with Gasteiger partial charge in [-0.15, -0.1) is 0 Å². The van der Waals surface area contributed by atoms with Crippen LogP contribution in [0.1, 0.15) is 23.5 Å². The number of hydrogen-bond acceptors (Lipinski definition) is 3. The van der Waals surface area contributed by atoms with Crippen molar-refractivity contribution in [3.8, 4) is 0 Å². The average Bonchev–Trinajstić information content (AvgIpc) is 2.44. The maximum Gasteiger partial charge on any atom is 0.0594 e. The zero-order chi connectivity index (χ0) is 12.9. The van der Waals surface area contributed by atoms with Crippen LogP contribution in [0, 0.1) is 0 Å². The molecule has 0 bridgehead atoms. The van der Waals surface area contributed by atoms with E-state index in [-0.39, 0.29) is 0 Å². The van der Waals surface area contributed by atoms with Crippen molar-refractivity contribution in [2.45, 2.75) is 18.8 Å². The lowest BCUT2D eigenvalue weighted by Gasteiger charge is -2.30. The first-order valence-corrected chi connectivity index (χ1v) is 7.52. The van der Waals surface area contributed by atoms with Crippen molar-refractivity contribution in [3.63, 3.8) is 0 Å². The average molecular weight is 260 g/mol. The largest absolute Gasteiger partial charge is 0.379 e. The van der Waals surface area contributed by atoms with Gasteiger partial charge in [0.15, 0.2) is 0 Å². The summed E-state index contributed by atoms with van der Waals surface area (Å²) >= 11 is 0. The highest BCUT2D eigenvalue weighted by atomic mass is 16.5. The van der Waals surface area contributed by atoms with E-state index < -0.39 is 0 Å². The second-order valence-corrected chi connectivity index (χ2v) is 5.61. The summed E-state index contributed by atoms with van der Waals surface area (Å²) in [5.41, 5.74) is 3.10. The minimum atomic E-state index is 0.750. The van der Waals surface area contributed by atoms with E-state index in [1.807, 2.05) is 0 Å². The first-order chi connectivity index (χ1) is 9.43. The molecule has 1 N–H and O–H groups in total. The summed E-state index contributed by atoms with van der Waals surface area (Å²) in [6.45, 7) is 7.51. The summed E-state index contributed by atoms with van der Waals surface area (Å²) in [6, 6.07) is 8.83. The molecule has 0 radical (unpaired) electrons. The van der Waals surface area contributed by atoms with Crippen LogP contribution in [0.15, 0.2) is 24.3 Å². The fourth-order valence-electron chi connectivity index (χ4n) is 3.07. The highest BCUT2D eigenvalue weighted by Gasteiger charge is 2.24. The molecule has 1 fully saturated rings. The summed E-state index contributed by atoms with van der Waals surface area (Å²) in [5, 5.41) is 3.61. The fourth-order valence-corrected chi connectivity index (χ4v) is 3.07. The van der Waals surface area contributed by atoms with Gasteiger partial charge in [0, 0.05) is 25.6 Å². The lowest BCUT2D eigenvalue weighted by Crippen LogP contribution is -2.38. The van der Waals surface area contributed by atoms with Gasteiger partial charge in [0.05, 0.1) is 13.2 Å². The second kappa shape index (κ2) is 6.51. The van der Waals surface area contributed by atoms with Crippen LogP contribution >= 0.6 is 0 Å². The monoisotopic (exact) mass is 260 g/mol.